The molecule has 4 rings (SSSR count). The normalized spacial score (nSPS) is 15.4. The van der Waals surface area contributed by atoms with Gasteiger partial charge < -0.3 is 19.5 Å². The summed E-state index contributed by atoms with van der Waals surface area (Å²) in [5.41, 5.74) is 3.77. The van der Waals surface area contributed by atoms with Crippen molar-refractivity contribution < 1.29 is 19.4 Å². The maximum atomic E-state index is 13.4. The van der Waals surface area contributed by atoms with Gasteiger partial charge in [-0.1, -0.05) is 23.7 Å². The van der Waals surface area contributed by atoms with Crippen molar-refractivity contribution in [2.75, 3.05) is 20.3 Å². The van der Waals surface area contributed by atoms with Crippen LogP contribution in [-0.4, -0.2) is 52.5 Å². The smallest absolute Gasteiger partial charge is 0.273 e. The summed E-state index contributed by atoms with van der Waals surface area (Å²) in [5.74, 6) is 0.619. The van der Waals surface area contributed by atoms with Gasteiger partial charge in [-0.3, -0.25) is 9.89 Å². The Morgan fingerprint density at radius 1 is 1.27 bits per heavy atom. The van der Waals surface area contributed by atoms with E-state index < -0.39 is 6.04 Å². The van der Waals surface area contributed by atoms with E-state index in [2.05, 4.69) is 10.2 Å². The number of methoxy groups -OCH3 is 1. The molecular weight excluding hydrogens is 442 g/mol. The first kappa shape index (κ1) is 23.1. The number of aromatic hydroxyl groups is 1. The van der Waals surface area contributed by atoms with Crippen LogP contribution in [0.2, 0.25) is 5.02 Å². The number of phenols is 1. The molecule has 33 heavy (non-hydrogen) atoms. The van der Waals surface area contributed by atoms with E-state index in [1.165, 1.54) is 0 Å². The highest BCUT2D eigenvalue weighted by Crippen LogP contribution is 2.45. The second-order valence-electron chi connectivity index (χ2n) is 8.43. The fourth-order valence-corrected chi connectivity index (χ4v) is 4.36. The number of halogens is 1. The van der Waals surface area contributed by atoms with Gasteiger partial charge in [0.2, 0.25) is 0 Å². The fourth-order valence-electron chi connectivity index (χ4n) is 4.20. The summed E-state index contributed by atoms with van der Waals surface area (Å²) in [6, 6.07) is 10.6. The number of carbonyl (C=O) groups is 1. The minimum atomic E-state index is -0.394. The first-order valence-corrected chi connectivity index (χ1v) is 11.3. The number of rotatable bonds is 8. The van der Waals surface area contributed by atoms with Crippen LogP contribution < -0.4 is 4.74 Å². The van der Waals surface area contributed by atoms with Crippen molar-refractivity contribution in [2.24, 2.45) is 0 Å². The quantitative estimate of drug-likeness (QED) is 0.447. The van der Waals surface area contributed by atoms with Crippen LogP contribution in [0.3, 0.4) is 0 Å². The average molecular weight is 470 g/mol. The Kier molecular flexibility index (Phi) is 6.63. The van der Waals surface area contributed by atoms with Crippen molar-refractivity contribution >= 4 is 17.5 Å². The van der Waals surface area contributed by atoms with Crippen molar-refractivity contribution in [3.05, 3.63) is 63.8 Å². The summed E-state index contributed by atoms with van der Waals surface area (Å²) in [7, 11) is 1.61. The fraction of sp³-hybridized carbons (Fsp3) is 0.360. The second-order valence-corrected chi connectivity index (χ2v) is 8.84. The van der Waals surface area contributed by atoms with Crippen molar-refractivity contribution in [3.8, 4) is 22.8 Å². The van der Waals surface area contributed by atoms with Gasteiger partial charge in [0.1, 0.15) is 22.9 Å². The molecule has 0 radical (unpaired) electrons. The van der Waals surface area contributed by atoms with Gasteiger partial charge in [-0.25, -0.2) is 0 Å². The zero-order chi connectivity index (χ0) is 23.7. The highest BCUT2D eigenvalue weighted by Gasteiger charge is 2.42. The lowest BCUT2D eigenvalue weighted by molar-refractivity contribution is 0.0601. The summed E-state index contributed by atoms with van der Waals surface area (Å²) in [6.07, 6.45) is 0.824. The molecule has 1 aromatic heterocycles. The van der Waals surface area contributed by atoms with E-state index in [0.29, 0.717) is 52.9 Å². The molecule has 0 fully saturated rings. The lowest BCUT2D eigenvalue weighted by atomic mass is 9.95. The topological polar surface area (TPSA) is 87.7 Å². The van der Waals surface area contributed by atoms with Gasteiger partial charge in [0.25, 0.3) is 5.91 Å². The molecule has 1 unspecified atom stereocenters. The number of benzene rings is 2. The molecule has 1 aliphatic rings. The first-order valence-electron chi connectivity index (χ1n) is 11.0. The van der Waals surface area contributed by atoms with Gasteiger partial charge in [-0.15, -0.1) is 0 Å². The van der Waals surface area contributed by atoms with Crippen LogP contribution >= 0.6 is 11.6 Å². The van der Waals surface area contributed by atoms with Crippen molar-refractivity contribution in [3.63, 3.8) is 0 Å². The Labute approximate surface area is 198 Å². The third kappa shape index (κ3) is 4.43. The number of phenolic OH excluding ortho intramolecular Hbond substituents is 1. The van der Waals surface area contributed by atoms with Crippen molar-refractivity contribution in [2.45, 2.75) is 39.3 Å². The Morgan fingerprint density at radius 2 is 2.06 bits per heavy atom. The van der Waals surface area contributed by atoms with Gasteiger partial charge >= 0.3 is 0 Å². The maximum Gasteiger partial charge on any atom is 0.273 e. The Hall–Kier alpha value is -3.03. The number of carbonyl (C=O) groups excluding carboxylic acids is 1. The largest absolute Gasteiger partial charge is 0.507 e. The van der Waals surface area contributed by atoms with Gasteiger partial charge in [-0.05, 0) is 62.6 Å². The molecule has 0 saturated heterocycles. The van der Waals surface area contributed by atoms with Crippen LogP contribution in [0.15, 0.2) is 36.4 Å². The Balaban J connectivity index is 1.80. The Bertz CT molecular complexity index is 1170. The molecule has 2 aromatic carbocycles. The molecule has 0 spiro atoms. The molecule has 1 amide bonds. The molecule has 0 saturated carbocycles. The minimum Gasteiger partial charge on any atom is -0.507 e. The van der Waals surface area contributed by atoms with E-state index >= 15 is 0 Å². The number of aromatic amines is 1. The summed E-state index contributed by atoms with van der Waals surface area (Å²) >= 11 is 6.36. The van der Waals surface area contributed by atoms with Gasteiger partial charge in [0.15, 0.2) is 0 Å². The van der Waals surface area contributed by atoms with Gasteiger partial charge in [0.05, 0.1) is 19.3 Å². The number of H-pyrrole nitrogens is 1. The third-order valence-corrected chi connectivity index (χ3v) is 6.21. The van der Waals surface area contributed by atoms with Gasteiger partial charge in [0, 0.05) is 29.3 Å². The van der Waals surface area contributed by atoms with E-state index in [0.717, 1.165) is 11.1 Å². The monoisotopic (exact) mass is 469 g/mol. The molecule has 2 N–H and O–H groups in total. The minimum absolute atomic E-state index is 0.0619. The second kappa shape index (κ2) is 9.45. The Morgan fingerprint density at radius 3 is 2.79 bits per heavy atom. The van der Waals surface area contributed by atoms with Crippen LogP contribution in [0.1, 0.15) is 53.5 Å². The molecule has 1 aliphatic heterocycles. The number of amides is 1. The number of nitrogens with zero attached hydrogens (tertiary/aromatic N) is 2. The number of hydrogen-bond acceptors (Lipinski definition) is 5. The number of hydrogen-bond donors (Lipinski definition) is 2. The zero-order valence-electron chi connectivity index (χ0n) is 19.2. The lowest BCUT2D eigenvalue weighted by Gasteiger charge is -2.27. The van der Waals surface area contributed by atoms with Crippen LogP contribution in [-0.2, 0) is 4.74 Å². The number of aryl methyl sites for hydroxylation is 1. The van der Waals surface area contributed by atoms with E-state index in [-0.39, 0.29) is 17.8 Å². The third-order valence-electron chi connectivity index (χ3n) is 5.80. The molecule has 1 atom stereocenters. The van der Waals surface area contributed by atoms with E-state index in [1.807, 2.05) is 49.9 Å². The molecule has 7 nitrogen and oxygen atoms in total. The summed E-state index contributed by atoms with van der Waals surface area (Å²) in [6.45, 7) is 6.87. The highest BCUT2D eigenvalue weighted by atomic mass is 35.5. The van der Waals surface area contributed by atoms with Crippen molar-refractivity contribution in [1.29, 1.82) is 0 Å². The highest BCUT2D eigenvalue weighted by molar-refractivity contribution is 6.31. The molecule has 0 bridgehead atoms. The van der Waals surface area contributed by atoms with Crippen molar-refractivity contribution in [1.82, 2.24) is 15.1 Å². The number of aromatic nitrogens is 2. The summed E-state index contributed by atoms with van der Waals surface area (Å²) in [4.78, 5) is 15.2. The molecule has 3 aromatic rings. The van der Waals surface area contributed by atoms with E-state index in [4.69, 9.17) is 21.1 Å². The van der Waals surface area contributed by atoms with Crippen LogP contribution in [0, 0.1) is 6.92 Å². The molecule has 0 aliphatic carbocycles. The molecule has 2 heterocycles. The SMILES string of the molecule is COc1cccc(C2c3c(-c4cc(Cl)c(C)cc4O)n[nH]c3C(=O)N2CCCOC(C)C)c1. The number of fused-ring (bicyclic) bond motifs is 1. The average Bonchev–Trinajstić information content (AvgIpc) is 3.32. The molecule has 174 valence electrons. The van der Waals surface area contributed by atoms with E-state index in [1.54, 1.807) is 19.2 Å². The number of nitrogens with one attached hydrogen (secondary N) is 1. The lowest BCUT2D eigenvalue weighted by Crippen LogP contribution is -2.31. The first-order chi connectivity index (χ1) is 15.8. The van der Waals surface area contributed by atoms with Gasteiger partial charge in [-0.2, -0.15) is 5.10 Å². The standard InChI is InChI=1S/C25H28ClN3O4/c1-14(2)33-10-6-9-29-24(16-7-5-8-17(12-16)32-4)21-22(27-28-23(21)25(29)31)18-13-19(26)15(3)11-20(18)30/h5,7-8,11-14,24,30H,6,9-10H2,1-4H3,(H,27,28). The zero-order valence-corrected chi connectivity index (χ0v) is 19.9. The van der Waals surface area contributed by atoms with E-state index in [9.17, 15) is 9.90 Å². The maximum absolute atomic E-state index is 13.4. The molecular formula is C25H28ClN3O4. The molecule has 8 heteroatoms. The predicted molar refractivity (Wildman–Crippen MR) is 127 cm³/mol. The summed E-state index contributed by atoms with van der Waals surface area (Å²) in [5, 5.41) is 18.5. The van der Waals surface area contributed by atoms with Crippen LogP contribution in [0.25, 0.3) is 11.3 Å². The van der Waals surface area contributed by atoms with Crippen LogP contribution in [0.4, 0.5) is 0 Å². The number of ether oxygens (including phenoxy) is 2. The van der Waals surface area contributed by atoms with Crippen LogP contribution in [0.5, 0.6) is 11.5 Å². The predicted octanol–water partition coefficient (Wildman–Crippen LogP) is 5.11. The summed E-state index contributed by atoms with van der Waals surface area (Å²) < 4.78 is 11.1.